The summed E-state index contributed by atoms with van der Waals surface area (Å²) in [6.07, 6.45) is 0.299. The molecular formula is C21H19N3O. The van der Waals surface area contributed by atoms with Gasteiger partial charge in [0.2, 0.25) is 5.91 Å². The van der Waals surface area contributed by atoms with Crippen molar-refractivity contribution in [2.24, 2.45) is 0 Å². The van der Waals surface area contributed by atoms with Crippen molar-refractivity contribution in [2.45, 2.75) is 26.8 Å². The van der Waals surface area contributed by atoms with E-state index in [1.54, 1.807) is 12.1 Å². The predicted molar refractivity (Wildman–Crippen MR) is 97.9 cm³/mol. The number of rotatable bonds is 4. The topological polar surface area (TPSA) is 65.8 Å². The molecule has 0 unspecified atom stereocenters. The Morgan fingerprint density at radius 2 is 1.96 bits per heavy atom. The number of carbonyl (C=O) groups is 1. The Bertz CT molecular complexity index is 986. The van der Waals surface area contributed by atoms with Crippen LogP contribution in [0.5, 0.6) is 0 Å². The van der Waals surface area contributed by atoms with Crippen LogP contribution < -0.4 is 5.32 Å². The largest absolute Gasteiger partial charge is 0.352 e. The summed E-state index contributed by atoms with van der Waals surface area (Å²) in [5, 5.41) is 12.9. The number of fused-ring (bicyclic) bond motifs is 1. The lowest BCUT2D eigenvalue weighted by Gasteiger charge is -2.13. The number of aromatic nitrogens is 1. The van der Waals surface area contributed by atoms with Crippen molar-refractivity contribution in [3.05, 3.63) is 76.5 Å². The smallest absolute Gasteiger partial charge is 0.224 e. The summed E-state index contributed by atoms with van der Waals surface area (Å²) in [6.45, 7) is 4.39. The molecule has 1 heterocycles. The van der Waals surface area contributed by atoms with Gasteiger partial charge in [0.15, 0.2) is 0 Å². The third-order valence-corrected chi connectivity index (χ3v) is 4.37. The molecule has 0 aliphatic rings. The number of nitrogens with zero attached hydrogens (tertiary/aromatic N) is 2. The molecule has 124 valence electrons. The van der Waals surface area contributed by atoms with Crippen LogP contribution in [0.4, 0.5) is 0 Å². The monoisotopic (exact) mass is 329 g/mol. The summed E-state index contributed by atoms with van der Waals surface area (Å²) in [5.41, 5.74) is 5.43. The molecule has 0 fully saturated rings. The van der Waals surface area contributed by atoms with Gasteiger partial charge in [-0.1, -0.05) is 30.3 Å². The minimum absolute atomic E-state index is 0.0503. The van der Waals surface area contributed by atoms with Crippen molar-refractivity contribution in [1.29, 1.82) is 5.26 Å². The van der Waals surface area contributed by atoms with Crippen molar-refractivity contribution in [3.8, 4) is 6.07 Å². The van der Waals surface area contributed by atoms with Gasteiger partial charge in [0.25, 0.3) is 0 Å². The zero-order valence-corrected chi connectivity index (χ0v) is 14.3. The van der Waals surface area contributed by atoms with Crippen molar-refractivity contribution >= 4 is 16.8 Å². The Balaban J connectivity index is 1.75. The number of carbonyl (C=O) groups excluding carboxylic acids is 1. The number of pyridine rings is 1. The summed E-state index contributed by atoms with van der Waals surface area (Å²) in [6, 6.07) is 17.3. The van der Waals surface area contributed by atoms with Crippen LogP contribution >= 0.6 is 0 Å². The second-order valence-electron chi connectivity index (χ2n) is 6.08. The van der Waals surface area contributed by atoms with E-state index < -0.39 is 0 Å². The molecule has 3 rings (SSSR count). The van der Waals surface area contributed by atoms with Crippen molar-refractivity contribution in [1.82, 2.24) is 10.3 Å². The third-order valence-electron chi connectivity index (χ3n) is 4.37. The van der Waals surface area contributed by atoms with Gasteiger partial charge >= 0.3 is 0 Å². The van der Waals surface area contributed by atoms with Gasteiger partial charge in [-0.2, -0.15) is 5.26 Å². The summed E-state index contributed by atoms with van der Waals surface area (Å²) >= 11 is 0. The highest BCUT2D eigenvalue weighted by atomic mass is 16.1. The maximum atomic E-state index is 12.4. The van der Waals surface area contributed by atoms with Crippen molar-refractivity contribution in [2.75, 3.05) is 0 Å². The number of amides is 1. The Morgan fingerprint density at radius 1 is 1.16 bits per heavy atom. The van der Waals surface area contributed by atoms with Crippen LogP contribution in [0.25, 0.3) is 10.9 Å². The molecule has 4 heteroatoms. The van der Waals surface area contributed by atoms with Crippen LogP contribution in [0.1, 0.15) is 27.9 Å². The highest BCUT2D eigenvalue weighted by Gasteiger charge is 2.12. The molecule has 3 aromatic rings. The normalized spacial score (nSPS) is 10.4. The number of nitriles is 1. The van der Waals surface area contributed by atoms with Gasteiger partial charge < -0.3 is 5.32 Å². The molecule has 0 spiro atoms. The molecule has 0 aliphatic heterocycles. The average Bonchev–Trinajstić information content (AvgIpc) is 2.63. The second kappa shape index (κ2) is 7.14. The molecule has 25 heavy (non-hydrogen) atoms. The zero-order chi connectivity index (χ0) is 17.8. The molecule has 0 bridgehead atoms. The quantitative estimate of drug-likeness (QED) is 0.795. The molecule has 4 nitrogen and oxygen atoms in total. The lowest BCUT2D eigenvalue weighted by atomic mass is 9.99. The van der Waals surface area contributed by atoms with Crippen LogP contribution in [0.2, 0.25) is 0 Å². The third kappa shape index (κ3) is 3.67. The summed E-state index contributed by atoms with van der Waals surface area (Å²) in [4.78, 5) is 17.0. The second-order valence-corrected chi connectivity index (χ2v) is 6.08. The van der Waals surface area contributed by atoms with Gasteiger partial charge in [0, 0.05) is 17.6 Å². The van der Waals surface area contributed by atoms with Gasteiger partial charge in [-0.05, 0) is 48.7 Å². The molecule has 0 saturated carbocycles. The van der Waals surface area contributed by atoms with Crippen LogP contribution in [0, 0.1) is 25.2 Å². The van der Waals surface area contributed by atoms with Crippen molar-refractivity contribution < 1.29 is 4.79 Å². The lowest BCUT2D eigenvalue weighted by molar-refractivity contribution is -0.120. The minimum Gasteiger partial charge on any atom is -0.352 e. The zero-order valence-electron chi connectivity index (χ0n) is 14.3. The fraction of sp³-hybridized carbons (Fsp3) is 0.190. The lowest BCUT2D eigenvalue weighted by Crippen LogP contribution is -2.25. The fourth-order valence-electron chi connectivity index (χ4n) is 3.01. The molecule has 1 aromatic heterocycles. The number of para-hydroxylation sites is 1. The van der Waals surface area contributed by atoms with E-state index in [0.29, 0.717) is 18.5 Å². The first-order valence-electron chi connectivity index (χ1n) is 8.19. The van der Waals surface area contributed by atoms with E-state index in [1.807, 2.05) is 50.2 Å². The van der Waals surface area contributed by atoms with Crippen LogP contribution in [-0.2, 0) is 17.8 Å². The minimum atomic E-state index is -0.0503. The maximum absolute atomic E-state index is 12.4. The number of hydrogen-bond donors (Lipinski definition) is 1. The molecular weight excluding hydrogens is 310 g/mol. The molecule has 0 atom stereocenters. The number of nitrogens with one attached hydrogen (secondary N) is 1. The Kier molecular flexibility index (Phi) is 4.76. The summed E-state index contributed by atoms with van der Waals surface area (Å²) in [5.74, 6) is -0.0503. The Hall–Kier alpha value is -3.19. The molecule has 0 radical (unpaired) electrons. The summed E-state index contributed by atoms with van der Waals surface area (Å²) in [7, 11) is 0. The fourth-order valence-corrected chi connectivity index (χ4v) is 3.01. The number of hydrogen-bond acceptors (Lipinski definition) is 3. The van der Waals surface area contributed by atoms with Crippen LogP contribution in [-0.4, -0.2) is 10.9 Å². The van der Waals surface area contributed by atoms with E-state index in [9.17, 15) is 4.79 Å². The first-order valence-corrected chi connectivity index (χ1v) is 8.19. The highest BCUT2D eigenvalue weighted by Crippen LogP contribution is 2.22. The maximum Gasteiger partial charge on any atom is 0.224 e. The van der Waals surface area contributed by atoms with Gasteiger partial charge in [-0.25, -0.2) is 0 Å². The van der Waals surface area contributed by atoms with E-state index in [2.05, 4.69) is 16.4 Å². The molecule has 1 amide bonds. The number of benzene rings is 2. The molecule has 0 aliphatic carbocycles. The van der Waals surface area contributed by atoms with E-state index in [4.69, 9.17) is 5.26 Å². The predicted octanol–water partition coefficient (Wildman–Crippen LogP) is 3.58. The first-order chi connectivity index (χ1) is 12.1. The SMILES string of the molecule is Cc1nc2ccccc2c(C)c1CC(=O)NCc1cccc(C#N)c1. The molecule has 1 N–H and O–H groups in total. The van der Waals surface area contributed by atoms with Crippen LogP contribution in [0.3, 0.4) is 0 Å². The van der Waals surface area contributed by atoms with Gasteiger partial charge in [0.05, 0.1) is 23.6 Å². The standard InChI is InChI=1S/C21H19N3O/c1-14-18-8-3-4-9-20(18)24-15(2)19(14)11-21(25)23-13-17-7-5-6-16(10-17)12-22/h3-10H,11,13H2,1-2H3,(H,23,25). The highest BCUT2D eigenvalue weighted by molar-refractivity contribution is 5.86. The Morgan fingerprint density at radius 3 is 2.76 bits per heavy atom. The van der Waals surface area contributed by atoms with E-state index in [-0.39, 0.29) is 5.91 Å². The van der Waals surface area contributed by atoms with Gasteiger partial charge in [-0.15, -0.1) is 0 Å². The van der Waals surface area contributed by atoms with Gasteiger partial charge in [0.1, 0.15) is 0 Å². The first kappa shape index (κ1) is 16.7. The number of aryl methyl sites for hydroxylation is 2. The van der Waals surface area contributed by atoms with E-state index in [1.165, 1.54) is 0 Å². The van der Waals surface area contributed by atoms with Gasteiger partial charge in [-0.3, -0.25) is 9.78 Å². The molecule has 2 aromatic carbocycles. The van der Waals surface area contributed by atoms with Crippen molar-refractivity contribution in [3.63, 3.8) is 0 Å². The molecule has 0 saturated heterocycles. The van der Waals surface area contributed by atoms with E-state index >= 15 is 0 Å². The van der Waals surface area contributed by atoms with E-state index in [0.717, 1.165) is 33.3 Å². The average molecular weight is 329 g/mol. The Labute approximate surface area is 147 Å². The summed E-state index contributed by atoms with van der Waals surface area (Å²) < 4.78 is 0. The van der Waals surface area contributed by atoms with Crippen LogP contribution in [0.15, 0.2) is 48.5 Å².